The van der Waals surface area contributed by atoms with E-state index in [0.717, 1.165) is 25.8 Å². The molecule has 0 radical (unpaired) electrons. The van der Waals surface area contributed by atoms with Gasteiger partial charge in [-0.25, -0.2) is 4.52 Å². The molecule has 5 rings (SSSR count). The summed E-state index contributed by atoms with van der Waals surface area (Å²) in [6.45, 7) is 5.55. The molecule has 36 heavy (non-hydrogen) atoms. The molecular weight excluding hydrogens is 496 g/mol. The highest BCUT2D eigenvalue weighted by atomic mass is 19.4. The largest absolute Gasteiger partial charge is 0.477 e. The molecule has 1 saturated carbocycles. The smallest absolute Gasteiger partial charge is 0.433 e. The highest BCUT2D eigenvalue weighted by Crippen LogP contribution is 2.47. The monoisotopic (exact) mass is 519 g/mol. The number of aryl methyl sites for hydroxylation is 1. The van der Waals surface area contributed by atoms with E-state index < -0.39 is 41.1 Å². The van der Waals surface area contributed by atoms with E-state index >= 15 is 0 Å². The second-order valence-electron chi connectivity index (χ2n) is 9.44. The zero-order valence-electron chi connectivity index (χ0n) is 19.5. The summed E-state index contributed by atoms with van der Waals surface area (Å²) in [5, 5.41) is 15.1. The third-order valence-corrected chi connectivity index (χ3v) is 7.11. The van der Waals surface area contributed by atoms with Gasteiger partial charge >= 0.3 is 18.4 Å². The molecule has 1 N–H and O–H groups in total. The van der Waals surface area contributed by atoms with Gasteiger partial charge in [0, 0.05) is 25.6 Å². The van der Waals surface area contributed by atoms with E-state index in [4.69, 9.17) is 9.15 Å². The van der Waals surface area contributed by atoms with Gasteiger partial charge in [0.05, 0.1) is 0 Å². The molecule has 1 aliphatic heterocycles. The first-order chi connectivity index (χ1) is 16.8. The molecule has 0 amide bonds. The maximum Gasteiger partial charge on any atom is 0.433 e. The SMILES string of the molecule is Cc1nnc(N2C[C@H]3CC[C@@H](C2)C3(C)Nc2nc3c(OC(C)C(F)(F)F)ccc(C(F)(F)F)n3n2)o1. The van der Waals surface area contributed by atoms with Crippen molar-refractivity contribution in [1.82, 2.24) is 24.8 Å². The molecule has 4 heterocycles. The van der Waals surface area contributed by atoms with Crippen LogP contribution in [0.15, 0.2) is 16.5 Å². The van der Waals surface area contributed by atoms with Gasteiger partial charge in [-0.3, -0.25) is 0 Å². The van der Waals surface area contributed by atoms with Crippen LogP contribution in [-0.4, -0.2) is 55.7 Å². The maximum absolute atomic E-state index is 13.6. The van der Waals surface area contributed by atoms with E-state index in [-0.39, 0.29) is 17.8 Å². The van der Waals surface area contributed by atoms with Gasteiger partial charge in [-0.2, -0.15) is 31.3 Å². The molecule has 1 aliphatic carbocycles. The Hall–Kier alpha value is -3.26. The van der Waals surface area contributed by atoms with E-state index in [0.29, 0.717) is 35.6 Å². The lowest BCUT2D eigenvalue weighted by atomic mass is 9.78. The number of hydrogen-bond acceptors (Lipinski definition) is 8. The molecule has 4 atom stereocenters. The zero-order chi connectivity index (χ0) is 26.0. The molecule has 2 bridgehead atoms. The number of nitrogens with zero attached hydrogens (tertiary/aromatic N) is 6. The topological polar surface area (TPSA) is 93.6 Å². The fourth-order valence-electron chi connectivity index (χ4n) is 5.08. The van der Waals surface area contributed by atoms with Gasteiger partial charge < -0.3 is 19.4 Å². The number of fused-ring (bicyclic) bond motifs is 3. The summed E-state index contributed by atoms with van der Waals surface area (Å²) in [7, 11) is 0. The number of pyridine rings is 1. The van der Waals surface area contributed by atoms with Crippen molar-refractivity contribution in [3.63, 3.8) is 0 Å². The Bertz CT molecular complexity index is 1260. The molecule has 0 spiro atoms. The maximum atomic E-state index is 13.6. The van der Waals surface area contributed by atoms with Crippen LogP contribution in [0.4, 0.5) is 38.3 Å². The van der Waals surface area contributed by atoms with Crippen LogP contribution in [0.1, 0.15) is 38.3 Å². The number of alkyl halides is 6. The molecular formula is C21H23F6N7O2. The van der Waals surface area contributed by atoms with Gasteiger partial charge in [-0.1, -0.05) is 5.10 Å². The predicted molar refractivity (Wildman–Crippen MR) is 114 cm³/mol. The number of rotatable bonds is 5. The molecule has 2 unspecified atom stereocenters. The number of aromatic nitrogens is 5. The summed E-state index contributed by atoms with van der Waals surface area (Å²) in [6, 6.07) is 1.86. The van der Waals surface area contributed by atoms with Gasteiger partial charge in [0.2, 0.25) is 11.8 Å². The van der Waals surface area contributed by atoms with Crippen molar-refractivity contribution in [3.8, 4) is 5.75 Å². The van der Waals surface area contributed by atoms with E-state index in [1.165, 1.54) is 0 Å². The first-order valence-electron chi connectivity index (χ1n) is 11.3. The molecule has 196 valence electrons. The first-order valence-corrected chi connectivity index (χ1v) is 11.3. The average molecular weight is 519 g/mol. The predicted octanol–water partition coefficient (Wildman–Crippen LogP) is 4.49. The van der Waals surface area contributed by atoms with Crippen LogP contribution in [0.3, 0.4) is 0 Å². The molecule has 2 fully saturated rings. The van der Waals surface area contributed by atoms with Crippen molar-refractivity contribution in [2.45, 2.75) is 57.6 Å². The van der Waals surface area contributed by atoms with E-state index in [1.807, 2.05) is 11.8 Å². The van der Waals surface area contributed by atoms with Crippen LogP contribution in [0, 0.1) is 18.8 Å². The third-order valence-electron chi connectivity index (χ3n) is 7.11. The Morgan fingerprint density at radius 3 is 2.33 bits per heavy atom. The van der Waals surface area contributed by atoms with Gasteiger partial charge in [-0.05, 0) is 50.7 Å². The number of piperidine rings is 1. The van der Waals surface area contributed by atoms with Crippen molar-refractivity contribution in [2.75, 3.05) is 23.3 Å². The van der Waals surface area contributed by atoms with Crippen molar-refractivity contribution in [3.05, 3.63) is 23.7 Å². The summed E-state index contributed by atoms with van der Waals surface area (Å²) < 4.78 is 91.0. The molecule has 9 nitrogen and oxygen atoms in total. The Balaban J connectivity index is 1.46. The zero-order valence-corrected chi connectivity index (χ0v) is 19.5. The number of halogens is 6. The quantitative estimate of drug-likeness (QED) is 0.493. The molecule has 15 heteroatoms. The Morgan fingerprint density at radius 2 is 1.78 bits per heavy atom. The van der Waals surface area contributed by atoms with Crippen molar-refractivity contribution < 1.29 is 35.5 Å². The summed E-state index contributed by atoms with van der Waals surface area (Å²) >= 11 is 0. The number of anilines is 2. The Labute approximate surface area is 200 Å². The lowest BCUT2D eigenvalue weighted by Gasteiger charge is -2.45. The van der Waals surface area contributed by atoms with Crippen LogP contribution in [0.2, 0.25) is 0 Å². The number of ether oxygens (including phenoxy) is 1. The van der Waals surface area contributed by atoms with Gasteiger partial charge in [0.15, 0.2) is 17.5 Å². The number of nitrogens with one attached hydrogen (secondary N) is 1. The van der Waals surface area contributed by atoms with Gasteiger partial charge in [0.25, 0.3) is 0 Å². The average Bonchev–Trinajstić information content (AvgIpc) is 3.40. The lowest BCUT2D eigenvalue weighted by molar-refractivity contribution is -0.189. The fraction of sp³-hybridized carbons (Fsp3) is 0.619. The minimum Gasteiger partial charge on any atom is -0.477 e. The normalized spacial score (nSPS) is 25.4. The minimum absolute atomic E-state index is 0.0538. The van der Waals surface area contributed by atoms with Crippen LogP contribution in [0.5, 0.6) is 5.75 Å². The molecule has 3 aromatic rings. The van der Waals surface area contributed by atoms with Crippen LogP contribution < -0.4 is 15.0 Å². The Kier molecular flexibility index (Phi) is 5.52. The van der Waals surface area contributed by atoms with Gasteiger partial charge in [-0.15, -0.1) is 10.2 Å². The van der Waals surface area contributed by atoms with Crippen LogP contribution >= 0.6 is 0 Å². The minimum atomic E-state index is -4.81. The summed E-state index contributed by atoms with van der Waals surface area (Å²) in [4.78, 5) is 6.11. The van der Waals surface area contributed by atoms with Crippen LogP contribution in [0.25, 0.3) is 5.65 Å². The standard InChI is InChI=1S/C21H23F6N7O2/c1-10(20(22,23)24)35-14-6-7-15(21(25,26)27)34-16(14)28-17(32-34)29-19(3)12-4-5-13(19)9-33(8-12)18-31-30-11(2)36-18/h6-7,10,12-13H,4-5,8-9H2,1-3H3,(H,29,32)/t10?,12-,13+,19?. The molecule has 2 aliphatic rings. The third kappa shape index (κ3) is 4.17. The second kappa shape index (κ2) is 8.13. The van der Waals surface area contributed by atoms with Crippen molar-refractivity contribution in [2.24, 2.45) is 11.8 Å². The van der Waals surface area contributed by atoms with Crippen LogP contribution in [-0.2, 0) is 6.18 Å². The highest BCUT2D eigenvalue weighted by Gasteiger charge is 2.52. The summed E-state index contributed by atoms with van der Waals surface area (Å²) in [5.41, 5.74) is -2.22. The van der Waals surface area contributed by atoms with Crippen molar-refractivity contribution in [1.29, 1.82) is 0 Å². The Morgan fingerprint density at radius 1 is 1.11 bits per heavy atom. The summed E-state index contributed by atoms with van der Waals surface area (Å²) in [6.07, 6.45) is -10.1. The van der Waals surface area contributed by atoms with E-state index in [2.05, 4.69) is 25.6 Å². The second-order valence-corrected chi connectivity index (χ2v) is 9.44. The van der Waals surface area contributed by atoms with E-state index in [1.54, 1.807) is 6.92 Å². The van der Waals surface area contributed by atoms with E-state index in [9.17, 15) is 26.3 Å². The molecule has 1 saturated heterocycles. The highest BCUT2D eigenvalue weighted by molar-refractivity contribution is 5.58. The van der Waals surface area contributed by atoms with Crippen molar-refractivity contribution >= 4 is 17.6 Å². The first kappa shape index (κ1) is 24.4. The summed E-state index contributed by atoms with van der Waals surface area (Å²) in [5.74, 6) is -0.0342. The molecule has 0 aromatic carbocycles. The number of hydrogen-bond donors (Lipinski definition) is 1. The van der Waals surface area contributed by atoms with Gasteiger partial charge in [0.1, 0.15) is 5.69 Å². The fourth-order valence-corrected chi connectivity index (χ4v) is 5.08. The lowest BCUT2D eigenvalue weighted by Crippen LogP contribution is -2.56. The molecule has 3 aromatic heterocycles.